The topological polar surface area (TPSA) is 72.9 Å². The Labute approximate surface area is 194 Å². The van der Waals surface area contributed by atoms with Gasteiger partial charge in [0.1, 0.15) is 12.1 Å². The third kappa shape index (κ3) is 6.89. The molecule has 0 bridgehead atoms. The van der Waals surface area contributed by atoms with Gasteiger partial charge in [0.2, 0.25) is 0 Å². The van der Waals surface area contributed by atoms with E-state index >= 15 is 0 Å². The lowest BCUT2D eigenvalue weighted by atomic mass is 10.0. The number of nitrogens with zero attached hydrogens (tertiary/aromatic N) is 2. The minimum absolute atomic E-state index is 0.364. The molecular weight excluding hydrogens is 424 g/mol. The van der Waals surface area contributed by atoms with Gasteiger partial charge in [-0.15, -0.1) is 0 Å². The number of carbonyl (C=O) groups is 1. The van der Waals surface area contributed by atoms with Crippen molar-refractivity contribution in [1.82, 2.24) is 4.90 Å². The SMILES string of the molecule is CC1CCCN1CCc1ccc(-c2ccc(N(CC(=O)OC(C)(C)C)S(=O)[O-])cc2)cc1. The predicted octanol–water partition coefficient (Wildman–Crippen LogP) is 4.32. The molecule has 3 rings (SSSR count). The second-order valence-electron chi connectivity index (χ2n) is 9.36. The van der Waals surface area contributed by atoms with E-state index in [0.717, 1.165) is 28.4 Å². The molecule has 2 atom stereocenters. The molecular formula is C25H33N2O4S-. The van der Waals surface area contributed by atoms with Gasteiger partial charge in [-0.2, -0.15) is 0 Å². The average molecular weight is 458 g/mol. The van der Waals surface area contributed by atoms with Crippen molar-refractivity contribution in [2.45, 2.75) is 58.6 Å². The first-order chi connectivity index (χ1) is 15.1. The van der Waals surface area contributed by atoms with Crippen LogP contribution >= 0.6 is 0 Å². The number of likely N-dealkylation sites (tertiary alicyclic amines) is 1. The summed E-state index contributed by atoms with van der Waals surface area (Å²) in [7, 11) is 0. The van der Waals surface area contributed by atoms with Crippen molar-refractivity contribution < 1.29 is 18.3 Å². The zero-order valence-electron chi connectivity index (χ0n) is 19.4. The van der Waals surface area contributed by atoms with Gasteiger partial charge in [-0.3, -0.25) is 13.3 Å². The van der Waals surface area contributed by atoms with Crippen LogP contribution in [0.4, 0.5) is 5.69 Å². The Bertz CT molecular complexity index is 922. The third-order valence-electron chi connectivity index (χ3n) is 5.69. The summed E-state index contributed by atoms with van der Waals surface area (Å²) in [5, 5.41) is 0. The summed E-state index contributed by atoms with van der Waals surface area (Å²) in [6, 6.07) is 16.3. The Kier molecular flexibility index (Phi) is 8.09. The van der Waals surface area contributed by atoms with Gasteiger partial charge in [-0.05, 0) is 82.3 Å². The standard InChI is InChI=1S/C25H34N2O4S/c1-19-6-5-16-26(19)17-15-20-7-9-21(10-8-20)22-11-13-23(14-12-22)27(32(29)30)18-24(28)31-25(2,3)4/h7-14,19H,5-6,15-18H2,1-4H3,(H,29,30)/p-1. The molecule has 1 aliphatic rings. The molecule has 1 fully saturated rings. The van der Waals surface area contributed by atoms with Crippen molar-refractivity contribution in [3.8, 4) is 11.1 Å². The van der Waals surface area contributed by atoms with Crippen LogP contribution in [0.15, 0.2) is 48.5 Å². The van der Waals surface area contributed by atoms with Crippen LogP contribution in [0.25, 0.3) is 11.1 Å². The highest BCUT2D eigenvalue weighted by Gasteiger charge is 2.21. The van der Waals surface area contributed by atoms with Crippen molar-refractivity contribution >= 4 is 22.9 Å². The fourth-order valence-electron chi connectivity index (χ4n) is 4.00. The minimum Gasteiger partial charge on any atom is -0.755 e. The molecule has 0 spiro atoms. The van der Waals surface area contributed by atoms with Gasteiger partial charge in [-0.1, -0.05) is 36.4 Å². The molecule has 1 aliphatic heterocycles. The maximum atomic E-state index is 12.1. The van der Waals surface area contributed by atoms with Crippen LogP contribution in [0.5, 0.6) is 0 Å². The van der Waals surface area contributed by atoms with Crippen molar-refractivity contribution in [2.75, 3.05) is 23.9 Å². The highest BCUT2D eigenvalue weighted by atomic mass is 32.2. The van der Waals surface area contributed by atoms with Crippen LogP contribution < -0.4 is 4.31 Å². The van der Waals surface area contributed by atoms with Gasteiger partial charge in [0.25, 0.3) is 0 Å². The summed E-state index contributed by atoms with van der Waals surface area (Å²) in [5.41, 5.74) is 3.12. The smallest absolute Gasteiger partial charge is 0.327 e. The summed E-state index contributed by atoms with van der Waals surface area (Å²) in [4.78, 5) is 14.6. The quantitative estimate of drug-likeness (QED) is 0.436. The van der Waals surface area contributed by atoms with E-state index in [4.69, 9.17) is 4.74 Å². The van der Waals surface area contributed by atoms with Crippen LogP contribution in [0, 0.1) is 0 Å². The van der Waals surface area contributed by atoms with Gasteiger partial charge < -0.3 is 14.2 Å². The fraction of sp³-hybridized carbons (Fsp3) is 0.480. The molecule has 2 aromatic carbocycles. The number of benzene rings is 2. The maximum absolute atomic E-state index is 12.1. The number of hydrogen-bond acceptors (Lipinski definition) is 5. The van der Waals surface area contributed by atoms with Gasteiger partial charge in [-0.25, -0.2) is 0 Å². The van der Waals surface area contributed by atoms with Gasteiger partial charge >= 0.3 is 5.97 Å². The predicted molar refractivity (Wildman–Crippen MR) is 128 cm³/mol. The molecule has 1 heterocycles. The summed E-state index contributed by atoms with van der Waals surface area (Å²) in [5.74, 6) is -0.593. The number of rotatable bonds is 8. The number of esters is 1. The number of anilines is 1. The van der Waals surface area contributed by atoms with Crippen LogP contribution in [0.1, 0.15) is 46.1 Å². The molecule has 0 aromatic heterocycles. The first kappa shape index (κ1) is 24.4. The molecule has 0 amide bonds. The highest BCUT2D eigenvalue weighted by molar-refractivity contribution is 7.80. The highest BCUT2D eigenvalue weighted by Crippen LogP contribution is 2.25. The van der Waals surface area contributed by atoms with Crippen LogP contribution in [0.3, 0.4) is 0 Å². The number of carbonyl (C=O) groups excluding carboxylic acids is 1. The molecule has 6 nitrogen and oxygen atoms in total. The normalized spacial score (nSPS) is 17.8. The Morgan fingerprint density at radius 1 is 1.12 bits per heavy atom. The monoisotopic (exact) mass is 457 g/mol. The largest absolute Gasteiger partial charge is 0.755 e. The Morgan fingerprint density at radius 2 is 1.72 bits per heavy atom. The van der Waals surface area contributed by atoms with E-state index in [1.807, 2.05) is 12.1 Å². The molecule has 2 unspecified atom stereocenters. The summed E-state index contributed by atoms with van der Waals surface area (Å²) in [6.07, 6.45) is 3.63. The zero-order valence-corrected chi connectivity index (χ0v) is 20.2. The second-order valence-corrected chi connectivity index (χ2v) is 10.2. The Balaban J connectivity index is 1.63. The fourth-order valence-corrected chi connectivity index (χ4v) is 4.51. The maximum Gasteiger partial charge on any atom is 0.327 e. The van der Waals surface area contributed by atoms with Crippen molar-refractivity contribution in [1.29, 1.82) is 0 Å². The van der Waals surface area contributed by atoms with E-state index < -0.39 is 22.8 Å². The molecule has 0 saturated carbocycles. The van der Waals surface area contributed by atoms with E-state index in [2.05, 4.69) is 36.1 Å². The molecule has 0 N–H and O–H groups in total. The van der Waals surface area contributed by atoms with Crippen LogP contribution in [-0.2, 0) is 27.2 Å². The van der Waals surface area contributed by atoms with E-state index in [1.54, 1.807) is 32.9 Å². The third-order valence-corrected chi connectivity index (χ3v) is 6.39. The summed E-state index contributed by atoms with van der Waals surface area (Å²) < 4.78 is 29.6. The summed E-state index contributed by atoms with van der Waals surface area (Å²) >= 11 is -2.59. The lowest BCUT2D eigenvalue weighted by Gasteiger charge is -2.27. The average Bonchev–Trinajstić information content (AvgIpc) is 3.14. The van der Waals surface area contributed by atoms with Crippen molar-refractivity contribution in [3.05, 3.63) is 54.1 Å². The molecule has 32 heavy (non-hydrogen) atoms. The Morgan fingerprint density at radius 3 is 2.22 bits per heavy atom. The first-order valence-electron chi connectivity index (χ1n) is 11.1. The van der Waals surface area contributed by atoms with E-state index in [9.17, 15) is 13.6 Å². The molecule has 2 aromatic rings. The molecule has 174 valence electrons. The van der Waals surface area contributed by atoms with E-state index in [-0.39, 0.29) is 6.54 Å². The lowest BCUT2D eigenvalue weighted by molar-refractivity contribution is -0.152. The second kappa shape index (κ2) is 10.6. The summed E-state index contributed by atoms with van der Waals surface area (Å²) in [6.45, 7) is 9.47. The molecule has 0 radical (unpaired) electrons. The number of hydrogen-bond donors (Lipinski definition) is 0. The first-order valence-corrected chi connectivity index (χ1v) is 12.2. The van der Waals surface area contributed by atoms with Crippen LogP contribution in [-0.4, -0.2) is 50.9 Å². The lowest BCUT2D eigenvalue weighted by Crippen LogP contribution is -2.36. The van der Waals surface area contributed by atoms with E-state index in [0.29, 0.717) is 11.7 Å². The minimum atomic E-state index is -2.59. The molecule has 1 saturated heterocycles. The van der Waals surface area contributed by atoms with Gasteiger partial charge in [0, 0.05) is 29.5 Å². The Hall–Kier alpha value is -2.22. The zero-order chi connectivity index (χ0) is 23.3. The molecule has 7 heteroatoms. The van der Waals surface area contributed by atoms with Gasteiger partial charge in [0.15, 0.2) is 0 Å². The number of ether oxygens (including phenoxy) is 1. The van der Waals surface area contributed by atoms with Crippen molar-refractivity contribution in [3.63, 3.8) is 0 Å². The van der Waals surface area contributed by atoms with Gasteiger partial charge in [0.05, 0.1) is 0 Å². The van der Waals surface area contributed by atoms with Crippen molar-refractivity contribution in [2.24, 2.45) is 0 Å². The van der Waals surface area contributed by atoms with Crippen LogP contribution in [0.2, 0.25) is 0 Å². The molecule has 0 aliphatic carbocycles. The van der Waals surface area contributed by atoms with E-state index in [1.165, 1.54) is 24.9 Å².